The summed E-state index contributed by atoms with van der Waals surface area (Å²) in [6, 6.07) is 0. The molecule has 16 heavy (non-hydrogen) atoms. The molecular weight excluding hydrogens is 246 g/mol. The number of sulfonamides is 1. The van der Waals surface area contributed by atoms with Crippen molar-refractivity contribution in [2.24, 2.45) is 0 Å². The van der Waals surface area contributed by atoms with E-state index in [2.05, 4.69) is 5.10 Å². The van der Waals surface area contributed by atoms with Gasteiger partial charge in [0.05, 0.1) is 6.20 Å². The van der Waals surface area contributed by atoms with Crippen molar-refractivity contribution in [2.45, 2.75) is 18.4 Å². The maximum absolute atomic E-state index is 12.2. The van der Waals surface area contributed by atoms with E-state index in [-0.39, 0.29) is 0 Å². The second-order valence-corrected chi connectivity index (χ2v) is 6.71. The highest BCUT2D eigenvalue weighted by molar-refractivity contribution is 7.99. The highest BCUT2D eigenvalue weighted by Crippen LogP contribution is 2.19. The Kier molecular flexibility index (Phi) is 3.56. The second-order valence-electron chi connectivity index (χ2n) is 3.55. The Labute approximate surface area is 99.9 Å². The van der Waals surface area contributed by atoms with E-state index in [9.17, 15) is 8.42 Å². The van der Waals surface area contributed by atoms with E-state index in [1.54, 1.807) is 26.9 Å². The maximum Gasteiger partial charge on any atom is 0.246 e. The number of aromatic nitrogens is 2. The molecule has 1 aliphatic heterocycles. The van der Waals surface area contributed by atoms with Crippen LogP contribution in [0.15, 0.2) is 17.3 Å². The van der Waals surface area contributed by atoms with Crippen LogP contribution in [0.1, 0.15) is 6.92 Å². The number of thioether (sulfide) groups is 1. The van der Waals surface area contributed by atoms with Crippen molar-refractivity contribution in [2.75, 3.05) is 24.6 Å². The minimum Gasteiger partial charge on any atom is -0.272 e. The van der Waals surface area contributed by atoms with E-state index < -0.39 is 10.0 Å². The van der Waals surface area contributed by atoms with E-state index in [1.165, 1.54) is 6.20 Å². The quantitative estimate of drug-likeness (QED) is 0.801. The lowest BCUT2D eigenvalue weighted by Gasteiger charge is -2.24. The van der Waals surface area contributed by atoms with Gasteiger partial charge >= 0.3 is 0 Å². The first-order chi connectivity index (χ1) is 7.64. The van der Waals surface area contributed by atoms with Gasteiger partial charge in [-0.2, -0.15) is 21.2 Å². The molecule has 0 saturated carbocycles. The lowest BCUT2D eigenvalue weighted by molar-refractivity contribution is 0.443. The molecule has 1 fully saturated rings. The Bertz CT molecular complexity index is 449. The highest BCUT2D eigenvalue weighted by atomic mass is 32.2. The number of hydrogen-bond acceptors (Lipinski definition) is 4. The molecule has 0 aromatic carbocycles. The minimum absolute atomic E-state index is 0.307. The summed E-state index contributed by atoms with van der Waals surface area (Å²) in [5.74, 6) is 1.75. The molecule has 1 aromatic rings. The summed E-state index contributed by atoms with van der Waals surface area (Å²) in [7, 11) is -3.31. The molecule has 0 bridgehead atoms. The third-order valence-corrected chi connectivity index (χ3v) is 5.34. The third-order valence-electron chi connectivity index (χ3n) is 2.54. The van der Waals surface area contributed by atoms with Crippen molar-refractivity contribution >= 4 is 21.8 Å². The van der Waals surface area contributed by atoms with E-state index in [0.29, 0.717) is 24.5 Å². The van der Waals surface area contributed by atoms with Gasteiger partial charge in [0, 0.05) is 37.3 Å². The predicted molar refractivity (Wildman–Crippen MR) is 64.0 cm³/mol. The van der Waals surface area contributed by atoms with Crippen LogP contribution < -0.4 is 0 Å². The monoisotopic (exact) mass is 261 g/mol. The van der Waals surface area contributed by atoms with Crippen LogP contribution in [0.25, 0.3) is 0 Å². The topological polar surface area (TPSA) is 55.2 Å². The van der Waals surface area contributed by atoms with Gasteiger partial charge in [0.1, 0.15) is 4.90 Å². The zero-order valence-corrected chi connectivity index (χ0v) is 10.8. The lowest BCUT2D eigenvalue weighted by Crippen LogP contribution is -2.37. The molecule has 0 N–H and O–H groups in total. The van der Waals surface area contributed by atoms with Crippen molar-refractivity contribution in [3.63, 3.8) is 0 Å². The molecule has 0 aliphatic carbocycles. The van der Waals surface area contributed by atoms with E-state index in [1.807, 2.05) is 6.92 Å². The highest BCUT2D eigenvalue weighted by Gasteiger charge is 2.27. The van der Waals surface area contributed by atoms with Gasteiger partial charge in [0.25, 0.3) is 0 Å². The van der Waals surface area contributed by atoms with Crippen LogP contribution in [0.3, 0.4) is 0 Å². The van der Waals surface area contributed by atoms with Crippen LogP contribution in [-0.4, -0.2) is 47.1 Å². The molecule has 0 radical (unpaired) electrons. The van der Waals surface area contributed by atoms with Gasteiger partial charge < -0.3 is 0 Å². The molecule has 1 aliphatic rings. The summed E-state index contributed by atoms with van der Waals surface area (Å²) in [6.07, 6.45) is 3.03. The van der Waals surface area contributed by atoms with Gasteiger partial charge in [-0.25, -0.2) is 8.42 Å². The molecule has 1 saturated heterocycles. The maximum atomic E-state index is 12.2. The van der Waals surface area contributed by atoms with E-state index >= 15 is 0 Å². The van der Waals surface area contributed by atoms with Crippen LogP contribution in [-0.2, 0) is 16.6 Å². The molecular formula is C9H15N3O2S2. The average Bonchev–Trinajstić information content (AvgIpc) is 2.79. The molecule has 1 aromatic heterocycles. The average molecular weight is 261 g/mol. The molecule has 0 atom stereocenters. The smallest absolute Gasteiger partial charge is 0.246 e. The van der Waals surface area contributed by atoms with Crippen molar-refractivity contribution in [3.05, 3.63) is 12.4 Å². The van der Waals surface area contributed by atoms with Crippen LogP contribution in [0, 0.1) is 0 Å². The second kappa shape index (κ2) is 4.77. The summed E-state index contributed by atoms with van der Waals surface area (Å²) >= 11 is 1.79. The number of nitrogens with zero attached hydrogens (tertiary/aromatic N) is 3. The van der Waals surface area contributed by atoms with E-state index in [4.69, 9.17) is 0 Å². The summed E-state index contributed by atoms with van der Waals surface area (Å²) in [5.41, 5.74) is 0. The fourth-order valence-corrected chi connectivity index (χ4v) is 4.12. The van der Waals surface area contributed by atoms with Crippen LogP contribution in [0.5, 0.6) is 0 Å². The van der Waals surface area contributed by atoms with Gasteiger partial charge in [-0.3, -0.25) is 4.68 Å². The number of aryl methyl sites for hydroxylation is 1. The Morgan fingerprint density at radius 2 is 2.12 bits per heavy atom. The fourth-order valence-electron chi connectivity index (χ4n) is 1.59. The van der Waals surface area contributed by atoms with E-state index in [0.717, 1.165) is 11.5 Å². The van der Waals surface area contributed by atoms with Crippen molar-refractivity contribution in [3.8, 4) is 0 Å². The fraction of sp³-hybridized carbons (Fsp3) is 0.667. The van der Waals surface area contributed by atoms with Gasteiger partial charge in [-0.05, 0) is 6.92 Å². The summed E-state index contributed by atoms with van der Waals surface area (Å²) < 4.78 is 27.5. The standard InChI is InChI=1S/C9H15N3O2S2/c1-2-11-8-9(7-10-11)16(13,14)12-3-5-15-6-4-12/h7-8H,2-6H2,1H3. The Morgan fingerprint density at radius 3 is 2.69 bits per heavy atom. The number of rotatable bonds is 3. The summed E-state index contributed by atoms with van der Waals surface area (Å²) in [6.45, 7) is 3.82. The van der Waals surface area contributed by atoms with Crippen molar-refractivity contribution in [1.29, 1.82) is 0 Å². The molecule has 0 unspecified atom stereocenters. The lowest BCUT2D eigenvalue weighted by atomic mass is 10.6. The first-order valence-corrected chi connectivity index (χ1v) is 7.84. The Hall–Kier alpha value is -0.530. The summed E-state index contributed by atoms with van der Waals surface area (Å²) in [5, 5.41) is 4.00. The SMILES string of the molecule is CCn1cc(S(=O)(=O)N2CCSCC2)cn1. The van der Waals surface area contributed by atoms with Gasteiger partial charge in [-0.1, -0.05) is 0 Å². The van der Waals surface area contributed by atoms with Crippen LogP contribution in [0.2, 0.25) is 0 Å². The van der Waals surface area contributed by atoms with Crippen molar-refractivity contribution < 1.29 is 8.42 Å². The zero-order chi connectivity index (χ0) is 11.6. The van der Waals surface area contributed by atoms with Gasteiger partial charge in [0.15, 0.2) is 0 Å². The predicted octanol–water partition coefficient (Wildman–Crippen LogP) is 0.641. The number of hydrogen-bond donors (Lipinski definition) is 0. The summed E-state index contributed by atoms with van der Waals surface area (Å²) in [4.78, 5) is 0.307. The Balaban J connectivity index is 2.23. The molecule has 2 heterocycles. The van der Waals surface area contributed by atoms with Crippen LogP contribution >= 0.6 is 11.8 Å². The molecule has 0 spiro atoms. The zero-order valence-electron chi connectivity index (χ0n) is 9.16. The molecule has 7 heteroatoms. The normalized spacial score (nSPS) is 18.8. The first kappa shape index (κ1) is 11.9. The first-order valence-electron chi connectivity index (χ1n) is 5.25. The Morgan fingerprint density at radius 1 is 1.44 bits per heavy atom. The molecule has 5 nitrogen and oxygen atoms in total. The molecule has 0 amide bonds. The molecule has 90 valence electrons. The minimum atomic E-state index is -3.31. The van der Waals surface area contributed by atoms with Crippen LogP contribution in [0.4, 0.5) is 0 Å². The van der Waals surface area contributed by atoms with Crippen molar-refractivity contribution in [1.82, 2.24) is 14.1 Å². The van der Waals surface area contributed by atoms with Gasteiger partial charge in [0.2, 0.25) is 10.0 Å². The third kappa shape index (κ3) is 2.26. The van der Waals surface area contributed by atoms with Gasteiger partial charge in [-0.15, -0.1) is 0 Å². The largest absolute Gasteiger partial charge is 0.272 e. The molecule has 2 rings (SSSR count).